The first-order valence-corrected chi connectivity index (χ1v) is 36.9. The lowest BCUT2D eigenvalue weighted by molar-refractivity contribution is 0.256. The Kier molecular flexibility index (Phi) is 19.5. The molecule has 8 aliphatic heterocycles. The fourth-order valence-corrected chi connectivity index (χ4v) is 13.6. The Morgan fingerprint density at radius 2 is 0.427 bits per heavy atom. The molecule has 16 rings (SSSR count). The van der Waals surface area contributed by atoms with Gasteiger partial charge in [0.1, 0.15) is 148 Å². The summed E-state index contributed by atoms with van der Waals surface area (Å²) < 4.78 is 98.4. The topological polar surface area (TPSA) is 174 Å². The van der Waals surface area contributed by atoms with Gasteiger partial charge < -0.3 is 75.8 Å². The quantitative estimate of drug-likeness (QED) is 0.0334. The van der Waals surface area contributed by atoms with Gasteiger partial charge in [-0.3, -0.25) is 0 Å². The van der Waals surface area contributed by atoms with Gasteiger partial charge in [0.05, 0.1) is 52.9 Å². The van der Waals surface area contributed by atoms with Gasteiger partial charge in [-0.2, -0.15) is 0 Å². The highest BCUT2D eigenvalue weighted by molar-refractivity contribution is 5.60. The van der Waals surface area contributed by atoms with Crippen molar-refractivity contribution in [3.8, 4) is 46.0 Å². The normalized spacial score (nSPS) is 22.0. The molecular formula is C87H96O16. The Balaban J connectivity index is 0.838. The number of epoxide rings is 8. The SMILES string of the molecule is CC(C)(c1ccc(OCC2CO2)cc1)c1ccc(OCC2CO2)c(Cc2cc(C(C)(C)c3ccc(OCC4CO4)cc3)cc(Cc3cc(C(C)(C)c4ccc(OCC5CO5)cc4)cc(Cc4cc(C(C)(C)c5ccc(OC[C@H]6CO6)cc5)ccc4OCC4CO4)c3OCC3CO3)c2OCC2CO2)c1. The highest BCUT2D eigenvalue weighted by Crippen LogP contribution is 2.46. The first kappa shape index (κ1) is 69.2. The molecule has 0 radical (unpaired) electrons. The minimum atomic E-state index is -0.533. The number of ether oxygens (including phenoxy) is 16. The van der Waals surface area contributed by atoms with Gasteiger partial charge in [-0.25, -0.2) is 0 Å². The predicted octanol–water partition coefficient (Wildman–Crippen LogP) is 14.0. The second-order valence-corrected chi connectivity index (χ2v) is 31.2. The first-order valence-electron chi connectivity index (χ1n) is 36.9. The molecule has 540 valence electrons. The van der Waals surface area contributed by atoms with Crippen molar-refractivity contribution in [3.05, 3.63) is 236 Å². The van der Waals surface area contributed by atoms with E-state index in [4.69, 9.17) is 75.8 Å². The van der Waals surface area contributed by atoms with Gasteiger partial charge in [0, 0.05) is 40.9 Å². The largest absolute Gasteiger partial charge is 0.491 e. The number of rotatable bonds is 38. The lowest BCUT2D eigenvalue weighted by Crippen LogP contribution is -2.22. The summed E-state index contributed by atoms with van der Waals surface area (Å²) in [6, 6.07) is 56.9. The summed E-state index contributed by atoms with van der Waals surface area (Å²) in [5, 5.41) is 0. The van der Waals surface area contributed by atoms with E-state index in [9.17, 15) is 0 Å². The molecule has 0 N–H and O–H groups in total. The average Bonchev–Trinajstić information content (AvgIpc) is 1.21. The molecule has 8 heterocycles. The van der Waals surface area contributed by atoms with Gasteiger partial charge in [-0.15, -0.1) is 0 Å². The summed E-state index contributed by atoms with van der Waals surface area (Å²) in [7, 11) is 0. The van der Waals surface area contributed by atoms with E-state index < -0.39 is 21.7 Å². The lowest BCUT2D eigenvalue weighted by atomic mass is 9.75. The molecule has 103 heavy (non-hydrogen) atoms. The molecule has 0 aliphatic carbocycles. The molecule has 16 heteroatoms. The Morgan fingerprint density at radius 1 is 0.233 bits per heavy atom. The summed E-state index contributed by atoms with van der Waals surface area (Å²) >= 11 is 0. The van der Waals surface area contributed by atoms with Crippen LogP contribution in [0.1, 0.15) is 133 Å². The average molecular weight is 1400 g/mol. The van der Waals surface area contributed by atoms with Crippen LogP contribution in [0.2, 0.25) is 0 Å². The minimum Gasteiger partial charge on any atom is -0.491 e. The summed E-state index contributed by atoms with van der Waals surface area (Å²) in [5.41, 5.74) is 13.3. The van der Waals surface area contributed by atoms with E-state index in [0.717, 1.165) is 150 Å². The molecule has 8 atom stereocenters. The van der Waals surface area contributed by atoms with Crippen LogP contribution in [0, 0.1) is 0 Å². The van der Waals surface area contributed by atoms with Crippen LogP contribution < -0.4 is 37.9 Å². The van der Waals surface area contributed by atoms with Crippen LogP contribution in [-0.2, 0) is 78.8 Å². The van der Waals surface area contributed by atoms with Crippen molar-refractivity contribution < 1.29 is 75.8 Å². The lowest BCUT2D eigenvalue weighted by Gasteiger charge is -2.31. The first-order chi connectivity index (χ1) is 49.9. The Labute approximate surface area is 605 Å². The standard InChI is InChI=1S/C87H96O16/c1-84(2,60-9-19-68(20-10-60)88-38-72-42-92-72)64-17-27-80(100-50-76-46-96-76)54(32-64)29-56-34-66(86(5,6)62-13-23-70(24-14-62)90-40-74-44-94-74)36-58(82(56)102-52-78-48-98-78)31-59-37-67(87(7,8)63-15-25-71(26-16-63)91-41-75-45-95-75)35-57(83(59)103-53-79-49-99-79)30-55-33-65(18-28-81(55)101-51-77-47-97-77)85(3,4)61-11-21-69(22-12-61)89-39-73-43-93-73/h9-28,32-37,72-79H,29-31,38-53H2,1-8H3/t72-,73?,74?,75?,76?,77?,78?,79?/m0/s1. The van der Waals surface area contributed by atoms with Crippen molar-refractivity contribution in [3.63, 3.8) is 0 Å². The maximum Gasteiger partial charge on any atom is 0.126 e. The zero-order valence-corrected chi connectivity index (χ0v) is 60.6. The van der Waals surface area contributed by atoms with Crippen LogP contribution in [0.25, 0.3) is 0 Å². The van der Waals surface area contributed by atoms with Gasteiger partial charge in [0.2, 0.25) is 0 Å². The fraction of sp³-hybridized carbons (Fsp3) is 0.448. The third kappa shape index (κ3) is 17.3. The van der Waals surface area contributed by atoms with E-state index in [1.165, 1.54) is 0 Å². The highest BCUT2D eigenvalue weighted by Gasteiger charge is 2.36. The molecule has 8 aromatic rings. The second-order valence-electron chi connectivity index (χ2n) is 31.2. The van der Waals surface area contributed by atoms with Crippen molar-refractivity contribution in [1.29, 1.82) is 0 Å². The fourth-order valence-electron chi connectivity index (χ4n) is 13.6. The summed E-state index contributed by atoms with van der Waals surface area (Å²) in [6.07, 6.45) is 2.02. The minimum absolute atomic E-state index is 0.0408. The van der Waals surface area contributed by atoms with E-state index in [0.29, 0.717) is 98.5 Å². The van der Waals surface area contributed by atoms with Gasteiger partial charge in [0.25, 0.3) is 0 Å². The predicted molar refractivity (Wildman–Crippen MR) is 390 cm³/mol. The van der Waals surface area contributed by atoms with Crippen LogP contribution in [0.3, 0.4) is 0 Å². The molecule has 8 saturated heterocycles. The molecule has 7 unspecified atom stereocenters. The Bertz CT molecular complexity index is 3990. The van der Waals surface area contributed by atoms with E-state index >= 15 is 0 Å². The van der Waals surface area contributed by atoms with Crippen molar-refractivity contribution in [2.75, 3.05) is 106 Å². The molecule has 0 amide bonds. The Hall–Kier alpha value is -8.16. The summed E-state index contributed by atoms with van der Waals surface area (Å²) in [4.78, 5) is 0. The summed E-state index contributed by atoms with van der Waals surface area (Å²) in [6.45, 7) is 27.7. The third-order valence-corrected chi connectivity index (χ3v) is 21.6. The number of benzene rings is 8. The van der Waals surface area contributed by atoms with E-state index in [-0.39, 0.29) is 48.8 Å². The van der Waals surface area contributed by atoms with Gasteiger partial charge in [0.15, 0.2) is 0 Å². The monoisotopic (exact) mass is 1400 g/mol. The van der Waals surface area contributed by atoms with Crippen LogP contribution in [-0.4, -0.2) is 155 Å². The molecule has 8 fully saturated rings. The third-order valence-electron chi connectivity index (χ3n) is 21.6. The molecule has 8 aromatic carbocycles. The Morgan fingerprint density at radius 3 is 0.670 bits per heavy atom. The van der Waals surface area contributed by atoms with Crippen molar-refractivity contribution in [2.45, 2.75) is 145 Å². The zero-order chi connectivity index (χ0) is 70.5. The number of hydrogen-bond acceptors (Lipinski definition) is 16. The van der Waals surface area contributed by atoms with Crippen LogP contribution in [0.4, 0.5) is 0 Å². The van der Waals surface area contributed by atoms with Crippen molar-refractivity contribution in [1.82, 2.24) is 0 Å². The smallest absolute Gasteiger partial charge is 0.126 e. The maximum absolute atomic E-state index is 7.36. The molecule has 0 spiro atoms. The maximum atomic E-state index is 7.36. The van der Waals surface area contributed by atoms with E-state index in [1.54, 1.807) is 0 Å². The van der Waals surface area contributed by atoms with E-state index in [1.807, 2.05) is 0 Å². The van der Waals surface area contributed by atoms with Crippen LogP contribution >= 0.6 is 0 Å². The molecule has 0 aromatic heterocycles. The molecule has 16 nitrogen and oxygen atoms in total. The second kappa shape index (κ2) is 29.1. The van der Waals surface area contributed by atoms with Crippen LogP contribution in [0.5, 0.6) is 46.0 Å². The molecule has 8 aliphatic rings. The number of hydrogen-bond donors (Lipinski definition) is 0. The van der Waals surface area contributed by atoms with Gasteiger partial charge >= 0.3 is 0 Å². The molecule has 0 saturated carbocycles. The van der Waals surface area contributed by atoms with Crippen LogP contribution in [0.15, 0.2) is 158 Å². The van der Waals surface area contributed by atoms with Gasteiger partial charge in [-0.05, 0) is 139 Å². The molecular weight excluding hydrogens is 1300 g/mol. The van der Waals surface area contributed by atoms with E-state index in [2.05, 4.69) is 213 Å². The molecule has 0 bridgehead atoms. The van der Waals surface area contributed by atoms with Gasteiger partial charge in [-0.1, -0.05) is 152 Å². The van der Waals surface area contributed by atoms with Crippen molar-refractivity contribution in [2.24, 2.45) is 0 Å². The highest BCUT2D eigenvalue weighted by atomic mass is 16.6. The summed E-state index contributed by atoms with van der Waals surface area (Å²) in [5.74, 6) is 6.46. The zero-order valence-electron chi connectivity index (χ0n) is 60.6. The van der Waals surface area contributed by atoms with Crippen molar-refractivity contribution >= 4 is 0 Å².